The van der Waals surface area contributed by atoms with Gasteiger partial charge in [-0.05, 0) is 70.3 Å². The number of hydrogen-bond acceptors (Lipinski definition) is 6. The molecule has 0 bridgehead atoms. The van der Waals surface area contributed by atoms with Crippen molar-refractivity contribution < 1.29 is 37.3 Å². The monoisotopic (exact) mass is 1170 g/mol. The number of ether oxygens (including phenoxy) is 1. The van der Waals surface area contributed by atoms with E-state index in [0.717, 1.165) is 70.6 Å². The molecule has 0 aliphatic heterocycles. The molecule has 0 aromatic carbocycles. The van der Waals surface area contributed by atoms with Crippen LogP contribution in [0.2, 0.25) is 0 Å². The summed E-state index contributed by atoms with van der Waals surface area (Å²) in [6.07, 6.45) is 78.3. The summed E-state index contributed by atoms with van der Waals surface area (Å²) in [7, 11) is 1.51. The summed E-state index contributed by atoms with van der Waals surface area (Å²) in [5, 5.41) is 3.07. The molecule has 0 saturated heterocycles. The maximum atomic E-state index is 13.6. The quantitative estimate of drug-likeness (QED) is 0.0205. The first-order valence-electron chi connectivity index (χ1n) is 35.5. The highest BCUT2D eigenvalue weighted by Crippen LogP contribution is 2.43. The van der Waals surface area contributed by atoms with Crippen LogP contribution in [0.4, 0.5) is 0 Å². The Morgan fingerprint density at radius 2 is 0.744 bits per heavy atom. The van der Waals surface area contributed by atoms with Gasteiger partial charge in [-0.25, -0.2) is 4.57 Å². The summed E-state index contributed by atoms with van der Waals surface area (Å²) in [4.78, 5) is 37.9. The molecule has 0 saturated carbocycles. The van der Waals surface area contributed by atoms with E-state index in [0.29, 0.717) is 23.9 Å². The van der Waals surface area contributed by atoms with E-state index in [-0.39, 0.29) is 25.1 Å². The average molecular weight is 1170 g/mol. The lowest BCUT2D eigenvalue weighted by Gasteiger charge is -2.27. The van der Waals surface area contributed by atoms with Crippen molar-refractivity contribution in [2.24, 2.45) is 0 Å². The molecule has 9 nitrogen and oxygen atoms in total. The van der Waals surface area contributed by atoms with Crippen molar-refractivity contribution in [3.63, 3.8) is 0 Å². The molecule has 0 fully saturated rings. The number of hydrogen-bond donors (Lipinski definition) is 2. The lowest BCUT2D eigenvalue weighted by molar-refractivity contribution is -0.870. The molecule has 1 amide bonds. The zero-order chi connectivity index (χ0) is 60.0. The van der Waals surface area contributed by atoms with Gasteiger partial charge in [-0.2, -0.15) is 0 Å². The summed E-state index contributed by atoms with van der Waals surface area (Å²) in [6, 6.07) is -0.845. The summed E-state index contributed by atoms with van der Waals surface area (Å²) < 4.78 is 30.8. The summed E-state index contributed by atoms with van der Waals surface area (Å²) in [5.41, 5.74) is 0. The van der Waals surface area contributed by atoms with Gasteiger partial charge in [-0.3, -0.25) is 18.6 Å². The van der Waals surface area contributed by atoms with Crippen LogP contribution in [0, 0.1) is 0 Å². The number of nitrogens with zero attached hydrogens (tertiary/aromatic N) is 1. The molecular weight excluding hydrogens is 1040 g/mol. The Balaban J connectivity index is 5.00. The minimum absolute atomic E-state index is 0.0425. The van der Waals surface area contributed by atoms with Crippen LogP contribution < -0.4 is 5.32 Å². The van der Waals surface area contributed by atoms with Crippen molar-refractivity contribution in [2.45, 2.75) is 360 Å². The summed E-state index contributed by atoms with van der Waals surface area (Å²) in [5.74, 6) is -0.488. The Morgan fingerprint density at radius 1 is 0.427 bits per heavy atom. The Morgan fingerprint density at radius 3 is 1.13 bits per heavy atom. The maximum absolute atomic E-state index is 13.6. The standard InChI is InChI=1S/C72H137N2O7P/c1-7-10-13-16-19-22-25-28-30-32-33-34-35-36-37-38-39-40-41-43-45-47-50-53-56-59-62-65-72(76)81-70(63-60-57-54-51-48-27-24-21-18-15-12-9-3)69(68-80-82(77,78)79-67-66-74(4,5)6)73-71(75)64-61-58-55-52-49-46-44-42-31-29-26-23-20-17-14-11-8-2/h19,22,28,30,33-34,60,63,69-70H,7-18,20-21,23-27,29,31-32,35-59,61-62,64-68H2,1-6H3,(H-,73,75,77,78)/p+1/b22-19-,30-28-,34-33-,63-60+. The van der Waals surface area contributed by atoms with Gasteiger partial charge in [-0.1, -0.05) is 314 Å². The van der Waals surface area contributed by atoms with Crippen molar-refractivity contribution >= 4 is 19.7 Å². The van der Waals surface area contributed by atoms with E-state index in [1.54, 1.807) is 0 Å². The first kappa shape index (κ1) is 80.0. The van der Waals surface area contributed by atoms with E-state index >= 15 is 0 Å². The second-order valence-corrected chi connectivity index (χ2v) is 26.9. The van der Waals surface area contributed by atoms with Crippen molar-refractivity contribution in [2.75, 3.05) is 40.9 Å². The van der Waals surface area contributed by atoms with Gasteiger partial charge in [0.2, 0.25) is 5.91 Å². The van der Waals surface area contributed by atoms with Crippen LogP contribution in [0.1, 0.15) is 348 Å². The Kier molecular flexibility index (Phi) is 60.5. The second-order valence-electron chi connectivity index (χ2n) is 25.4. The van der Waals surface area contributed by atoms with Crippen molar-refractivity contribution in [3.05, 3.63) is 48.6 Å². The molecule has 0 aromatic rings. The van der Waals surface area contributed by atoms with Gasteiger partial charge in [0.1, 0.15) is 19.3 Å². The Labute approximate surface area is 509 Å². The molecule has 0 aromatic heterocycles. The minimum Gasteiger partial charge on any atom is -0.456 e. The first-order chi connectivity index (χ1) is 39.9. The van der Waals surface area contributed by atoms with Gasteiger partial charge in [0, 0.05) is 12.8 Å². The number of unbranched alkanes of at least 4 members (excludes halogenated alkanes) is 43. The number of likely N-dealkylation sites (N-methyl/N-ethyl adjacent to an activating group) is 1. The third-order valence-corrected chi connectivity index (χ3v) is 17.0. The molecule has 3 unspecified atom stereocenters. The predicted octanol–water partition coefficient (Wildman–Crippen LogP) is 22.4. The van der Waals surface area contributed by atoms with E-state index in [1.807, 2.05) is 33.3 Å². The highest BCUT2D eigenvalue weighted by atomic mass is 31.2. The number of phosphoric acid groups is 1. The van der Waals surface area contributed by atoms with Gasteiger partial charge < -0.3 is 19.4 Å². The normalized spacial score (nSPS) is 13.8. The summed E-state index contributed by atoms with van der Waals surface area (Å²) in [6.45, 7) is 7.04. The van der Waals surface area contributed by atoms with Crippen LogP contribution in [-0.4, -0.2) is 74.3 Å². The second kappa shape index (κ2) is 62.0. The molecule has 82 heavy (non-hydrogen) atoms. The maximum Gasteiger partial charge on any atom is 0.472 e. The van der Waals surface area contributed by atoms with Gasteiger partial charge >= 0.3 is 13.8 Å². The highest BCUT2D eigenvalue weighted by molar-refractivity contribution is 7.47. The molecule has 482 valence electrons. The number of allylic oxidation sites excluding steroid dienone is 7. The number of carbonyl (C=O) groups is 2. The van der Waals surface area contributed by atoms with Crippen LogP contribution in [0.25, 0.3) is 0 Å². The molecule has 0 aliphatic rings. The van der Waals surface area contributed by atoms with Crippen molar-refractivity contribution in [1.82, 2.24) is 5.32 Å². The number of esters is 1. The molecule has 0 spiro atoms. The predicted molar refractivity (Wildman–Crippen MR) is 355 cm³/mol. The van der Waals surface area contributed by atoms with E-state index in [4.69, 9.17) is 13.8 Å². The van der Waals surface area contributed by atoms with E-state index < -0.39 is 20.0 Å². The van der Waals surface area contributed by atoms with Gasteiger partial charge in [0.05, 0.1) is 33.8 Å². The fraction of sp³-hybridized carbons (Fsp3) is 0.861. The largest absolute Gasteiger partial charge is 0.472 e. The Hall–Kier alpha value is -2.03. The van der Waals surface area contributed by atoms with Gasteiger partial charge in [0.15, 0.2) is 0 Å². The third kappa shape index (κ3) is 62.5. The van der Waals surface area contributed by atoms with Crippen LogP contribution in [0.5, 0.6) is 0 Å². The zero-order valence-electron chi connectivity index (χ0n) is 55.2. The first-order valence-corrected chi connectivity index (χ1v) is 37.0. The number of phosphoric ester groups is 1. The van der Waals surface area contributed by atoms with E-state index in [9.17, 15) is 19.0 Å². The Bertz CT molecular complexity index is 1540. The molecule has 0 rings (SSSR count). The third-order valence-electron chi connectivity index (χ3n) is 16.0. The van der Waals surface area contributed by atoms with Crippen LogP contribution in [0.3, 0.4) is 0 Å². The zero-order valence-corrected chi connectivity index (χ0v) is 56.1. The number of amides is 1. The average Bonchev–Trinajstić information content (AvgIpc) is 3.44. The number of carbonyl (C=O) groups excluding carboxylic acids is 2. The number of quaternary nitrogens is 1. The fourth-order valence-corrected chi connectivity index (χ4v) is 11.3. The summed E-state index contributed by atoms with van der Waals surface area (Å²) >= 11 is 0. The molecule has 3 atom stereocenters. The van der Waals surface area contributed by atoms with Crippen molar-refractivity contribution in [1.29, 1.82) is 0 Å². The smallest absolute Gasteiger partial charge is 0.456 e. The molecule has 0 radical (unpaired) electrons. The molecular formula is C72H138N2O7P+. The van der Waals surface area contributed by atoms with Gasteiger partial charge in [0.25, 0.3) is 0 Å². The minimum atomic E-state index is -4.45. The highest BCUT2D eigenvalue weighted by Gasteiger charge is 2.30. The molecule has 2 N–H and O–H groups in total. The van der Waals surface area contributed by atoms with Gasteiger partial charge in [-0.15, -0.1) is 0 Å². The van der Waals surface area contributed by atoms with Crippen LogP contribution >= 0.6 is 7.82 Å². The SMILES string of the molecule is CCCCC/C=C\C/C=C\C/C=C\CCCCCCCCCCCCCCCCC(=O)OC(/C=C/CCCCCCCCCCCC)C(COP(=O)(O)OCC[N+](C)(C)C)NC(=O)CCCCCCCCCCCCCCCCCCC. The van der Waals surface area contributed by atoms with Crippen molar-refractivity contribution in [3.8, 4) is 0 Å². The van der Waals surface area contributed by atoms with E-state index in [2.05, 4.69) is 62.5 Å². The van der Waals surface area contributed by atoms with Crippen LogP contribution in [0.15, 0.2) is 48.6 Å². The van der Waals surface area contributed by atoms with E-state index in [1.165, 1.54) is 244 Å². The molecule has 0 aliphatic carbocycles. The fourth-order valence-electron chi connectivity index (χ4n) is 10.5. The topological polar surface area (TPSA) is 111 Å². The number of rotatable bonds is 65. The lowest BCUT2D eigenvalue weighted by Crippen LogP contribution is -2.47. The van der Waals surface area contributed by atoms with Crippen LogP contribution in [-0.2, 0) is 27.9 Å². The molecule has 10 heteroatoms. The number of nitrogens with one attached hydrogen (secondary N) is 1. The lowest BCUT2D eigenvalue weighted by atomic mass is 10.0. The molecule has 0 heterocycles.